The second kappa shape index (κ2) is 8.32. The number of amides is 1. The molecule has 8 heteroatoms. The molecule has 0 aliphatic rings. The van der Waals surface area contributed by atoms with Crippen molar-refractivity contribution >= 4 is 28.7 Å². The summed E-state index contributed by atoms with van der Waals surface area (Å²) in [6.07, 6.45) is 1.50. The van der Waals surface area contributed by atoms with Crippen molar-refractivity contribution in [3.8, 4) is 5.69 Å². The van der Waals surface area contributed by atoms with E-state index in [4.69, 9.17) is 0 Å². The quantitative estimate of drug-likeness (QED) is 0.380. The zero-order valence-electron chi connectivity index (χ0n) is 15.7. The molecule has 29 heavy (non-hydrogen) atoms. The Morgan fingerprint density at radius 1 is 1.14 bits per heavy atom. The molecule has 2 N–H and O–H groups in total. The molecule has 4 rings (SSSR count). The maximum Gasteiger partial charge on any atom is 0.262 e. The van der Waals surface area contributed by atoms with Gasteiger partial charge in [-0.05, 0) is 24.6 Å². The smallest absolute Gasteiger partial charge is 0.262 e. The minimum atomic E-state index is -0.280. The SMILES string of the molecule is CC(NC(=O)CSc1nc2c(cnn2-c2ccccc2)c(=O)[nH]1)c1ccccc1. The number of carbonyl (C=O) groups is 1. The number of rotatable bonds is 6. The van der Waals surface area contributed by atoms with Gasteiger partial charge in [-0.3, -0.25) is 9.59 Å². The van der Waals surface area contributed by atoms with E-state index in [-0.39, 0.29) is 23.3 Å². The number of nitrogens with zero attached hydrogens (tertiary/aromatic N) is 3. The van der Waals surface area contributed by atoms with E-state index < -0.39 is 0 Å². The van der Waals surface area contributed by atoms with Crippen molar-refractivity contribution in [3.63, 3.8) is 0 Å². The molecule has 0 radical (unpaired) electrons. The van der Waals surface area contributed by atoms with Gasteiger partial charge in [-0.2, -0.15) is 5.10 Å². The van der Waals surface area contributed by atoms with Gasteiger partial charge in [0.1, 0.15) is 5.39 Å². The number of nitrogens with one attached hydrogen (secondary N) is 2. The van der Waals surface area contributed by atoms with Crippen LogP contribution >= 0.6 is 11.8 Å². The second-order valence-electron chi connectivity index (χ2n) is 6.49. The Balaban J connectivity index is 1.50. The van der Waals surface area contributed by atoms with Crippen molar-refractivity contribution in [2.75, 3.05) is 5.75 Å². The van der Waals surface area contributed by atoms with Crippen LogP contribution in [0.2, 0.25) is 0 Å². The van der Waals surface area contributed by atoms with Gasteiger partial charge in [0.15, 0.2) is 10.8 Å². The Morgan fingerprint density at radius 3 is 2.55 bits per heavy atom. The maximum atomic E-state index is 12.4. The molecule has 0 bridgehead atoms. The highest BCUT2D eigenvalue weighted by Crippen LogP contribution is 2.18. The van der Waals surface area contributed by atoms with Gasteiger partial charge in [-0.15, -0.1) is 0 Å². The average molecular weight is 405 g/mol. The topological polar surface area (TPSA) is 92.7 Å². The molecule has 1 atom stereocenters. The largest absolute Gasteiger partial charge is 0.349 e. The van der Waals surface area contributed by atoms with Gasteiger partial charge in [0.05, 0.1) is 23.7 Å². The number of benzene rings is 2. The van der Waals surface area contributed by atoms with Gasteiger partial charge in [0, 0.05) is 0 Å². The molecule has 2 aromatic carbocycles. The van der Waals surface area contributed by atoms with Crippen LogP contribution in [0.5, 0.6) is 0 Å². The fraction of sp³-hybridized carbons (Fsp3) is 0.143. The lowest BCUT2D eigenvalue weighted by molar-refractivity contribution is -0.119. The Kier molecular flexibility index (Phi) is 5.44. The van der Waals surface area contributed by atoms with Crippen molar-refractivity contribution < 1.29 is 4.79 Å². The van der Waals surface area contributed by atoms with Crippen LogP contribution in [0, 0.1) is 0 Å². The molecule has 7 nitrogen and oxygen atoms in total. The minimum absolute atomic E-state index is 0.0988. The van der Waals surface area contributed by atoms with Crippen LogP contribution < -0.4 is 10.9 Å². The average Bonchev–Trinajstić information content (AvgIpc) is 3.18. The maximum absolute atomic E-state index is 12.4. The summed E-state index contributed by atoms with van der Waals surface area (Å²) < 4.78 is 1.62. The molecule has 2 heterocycles. The van der Waals surface area contributed by atoms with Crippen LogP contribution in [0.25, 0.3) is 16.7 Å². The number of H-pyrrole nitrogens is 1. The summed E-state index contributed by atoms with van der Waals surface area (Å²) in [5, 5.41) is 8.02. The fourth-order valence-corrected chi connectivity index (χ4v) is 3.63. The summed E-state index contributed by atoms with van der Waals surface area (Å²) in [4.78, 5) is 31.9. The van der Waals surface area contributed by atoms with Crippen LogP contribution in [0.15, 0.2) is 76.8 Å². The lowest BCUT2D eigenvalue weighted by atomic mass is 10.1. The van der Waals surface area contributed by atoms with Gasteiger partial charge in [-0.25, -0.2) is 9.67 Å². The highest BCUT2D eigenvalue weighted by atomic mass is 32.2. The molecule has 0 aliphatic carbocycles. The number of aromatic nitrogens is 4. The van der Waals surface area contributed by atoms with Crippen molar-refractivity contribution in [1.29, 1.82) is 0 Å². The van der Waals surface area contributed by atoms with Gasteiger partial charge in [0.25, 0.3) is 5.56 Å². The first-order valence-corrected chi connectivity index (χ1v) is 10.1. The third kappa shape index (κ3) is 4.22. The molecule has 146 valence electrons. The summed E-state index contributed by atoms with van der Waals surface area (Å²) in [5.74, 6) is 0.0103. The summed E-state index contributed by atoms with van der Waals surface area (Å²) in [5.41, 5.74) is 2.02. The molecular formula is C21H19N5O2S. The molecule has 0 saturated heterocycles. The second-order valence-corrected chi connectivity index (χ2v) is 7.45. The number of carbonyl (C=O) groups excluding carboxylic acids is 1. The number of thioether (sulfide) groups is 1. The summed E-state index contributed by atoms with van der Waals surface area (Å²) in [6, 6.07) is 19.1. The van der Waals surface area contributed by atoms with Crippen LogP contribution in [0.3, 0.4) is 0 Å². The van der Waals surface area contributed by atoms with Gasteiger partial charge in [-0.1, -0.05) is 60.3 Å². The lowest BCUT2D eigenvalue weighted by Crippen LogP contribution is -2.28. The van der Waals surface area contributed by atoms with E-state index in [1.807, 2.05) is 67.6 Å². The molecule has 0 spiro atoms. The number of aromatic amines is 1. The third-order valence-electron chi connectivity index (χ3n) is 4.43. The molecule has 0 saturated carbocycles. The van der Waals surface area contributed by atoms with E-state index in [2.05, 4.69) is 20.4 Å². The third-order valence-corrected chi connectivity index (χ3v) is 5.31. The lowest BCUT2D eigenvalue weighted by Gasteiger charge is -2.13. The predicted molar refractivity (Wildman–Crippen MR) is 113 cm³/mol. The summed E-state index contributed by atoms with van der Waals surface area (Å²) in [7, 11) is 0. The Labute approximate surface area is 171 Å². The Morgan fingerprint density at radius 2 is 1.83 bits per heavy atom. The van der Waals surface area contributed by atoms with E-state index in [1.165, 1.54) is 18.0 Å². The van der Waals surface area contributed by atoms with Crippen molar-refractivity contribution in [1.82, 2.24) is 25.1 Å². The standard InChI is InChI=1S/C21H19N5O2S/c1-14(15-8-4-2-5-9-15)23-18(27)13-29-21-24-19-17(20(28)25-21)12-22-26(19)16-10-6-3-7-11-16/h2-12,14H,13H2,1H3,(H,23,27)(H,24,25,28). The number of fused-ring (bicyclic) bond motifs is 1. The normalized spacial score (nSPS) is 12.0. The first-order chi connectivity index (χ1) is 14.1. The molecular weight excluding hydrogens is 386 g/mol. The number of para-hydroxylation sites is 1. The van der Waals surface area contributed by atoms with Crippen molar-refractivity contribution in [3.05, 3.63) is 82.8 Å². The van der Waals surface area contributed by atoms with E-state index >= 15 is 0 Å². The molecule has 1 amide bonds. The Hall–Kier alpha value is -3.39. The molecule has 0 aliphatic heterocycles. The highest BCUT2D eigenvalue weighted by molar-refractivity contribution is 7.99. The van der Waals surface area contributed by atoms with Crippen molar-refractivity contribution in [2.45, 2.75) is 18.1 Å². The predicted octanol–water partition coefficient (Wildman–Crippen LogP) is 3.08. The van der Waals surface area contributed by atoms with E-state index in [9.17, 15) is 9.59 Å². The monoisotopic (exact) mass is 405 g/mol. The van der Waals surface area contributed by atoms with Crippen LogP contribution in [-0.2, 0) is 4.79 Å². The van der Waals surface area contributed by atoms with Crippen LogP contribution in [-0.4, -0.2) is 31.4 Å². The van der Waals surface area contributed by atoms with Crippen LogP contribution in [0.1, 0.15) is 18.5 Å². The molecule has 0 fully saturated rings. The molecule has 2 aromatic heterocycles. The van der Waals surface area contributed by atoms with E-state index in [0.29, 0.717) is 16.2 Å². The summed E-state index contributed by atoms with van der Waals surface area (Å²) in [6.45, 7) is 1.93. The van der Waals surface area contributed by atoms with Gasteiger partial charge < -0.3 is 10.3 Å². The van der Waals surface area contributed by atoms with Gasteiger partial charge >= 0.3 is 0 Å². The molecule has 4 aromatic rings. The molecule has 1 unspecified atom stereocenters. The fourth-order valence-electron chi connectivity index (χ4n) is 2.97. The number of hydrogen-bond donors (Lipinski definition) is 2. The first kappa shape index (κ1) is 18.9. The minimum Gasteiger partial charge on any atom is -0.349 e. The van der Waals surface area contributed by atoms with Crippen molar-refractivity contribution in [2.24, 2.45) is 0 Å². The van der Waals surface area contributed by atoms with Crippen LogP contribution in [0.4, 0.5) is 0 Å². The first-order valence-electron chi connectivity index (χ1n) is 9.12. The Bertz CT molecular complexity index is 1190. The number of hydrogen-bond acceptors (Lipinski definition) is 5. The zero-order chi connectivity index (χ0) is 20.2. The van der Waals surface area contributed by atoms with E-state index in [0.717, 1.165) is 11.3 Å². The van der Waals surface area contributed by atoms with E-state index in [1.54, 1.807) is 4.68 Å². The van der Waals surface area contributed by atoms with Gasteiger partial charge in [0.2, 0.25) is 5.91 Å². The highest BCUT2D eigenvalue weighted by Gasteiger charge is 2.14. The zero-order valence-corrected chi connectivity index (χ0v) is 16.5. The summed E-state index contributed by atoms with van der Waals surface area (Å²) >= 11 is 1.18.